The maximum Gasteiger partial charge on any atom is 0.317 e. The Labute approximate surface area is 155 Å². The Hall–Kier alpha value is -1.88. The van der Waals surface area contributed by atoms with Crippen LogP contribution in [0.1, 0.15) is 43.7 Å². The third-order valence-electron chi connectivity index (χ3n) is 6.80. The maximum absolute atomic E-state index is 13.1. The number of rotatable bonds is 5. The normalized spacial score (nSPS) is 27.8. The highest BCUT2D eigenvalue weighted by molar-refractivity contribution is 5.85. The lowest BCUT2D eigenvalue weighted by atomic mass is 9.94. The lowest BCUT2D eigenvalue weighted by Crippen LogP contribution is -2.48. The molecule has 4 rings (SSSR count). The fraction of sp³-hybridized carbons (Fsp3) is 0.619. The minimum atomic E-state index is -0.773. The van der Waals surface area contributed by atoms with Gasteiger partial charge >= 0.3 is 5.97 Å². The summed E-state index contributed by atoms with van der Waals surface area (Å²) in [7, 11) is 0. The topological polar surface area (TPSA) is 60.9 Å². The number of nitrogens with zero attached hydrogens (tertiary/aromatic N) is 2. The molecule has 0 aromatic heterocycles. The number of aliphatic carboxylic acids is 1. The number of benzene rings is 1. The van der Waals surface area contributed by atoms with Gasteiger partial charge in [-0.25, -0.2) is 0 Å². The van der Waals surface area contributed by atoms with E-state index < -0.39 is 5.97 Å². The zero-order valence-electron chi connectivity index (χ0n) is 15.5. The first kappa shape index (κ1) is 17.5. The Kier molecular flexibility index (Phi) is 4.51. The SMILES string of the molecule is CCN(CC(=O)O)C1CCN(C(=O)C2CC23CCc2ccccc23)CC1. The van der Waals surface area contributed by atoms with E-state index in [2.05, 4.69) is 24.3 Å². The van der Waals surface area contributed by atoms with Crippen LogP contribution in [0.25, 0.3) is 0 Å². The highest BCUT2D eigenvalue weighted by atomic mass is 16.4. The predicted molar refractivity (Wildman–Crippen MR) is 99.0 cm³/mol. The van der Waals surface area contributed by atoms with Crippen molar-refractivity contribution in [1.82, 2.24) is 9.80 Å². The highest BCUT2D eigenvalue weighted by Crippen LogP contribution is 2.62. The number of fused-ring (bicyclic) bond motifs is 2. The molecule has 1 saturated carbocycles. The van der Waals surface area contributed by atoms with Crippen molar-refractivity contribution in [2.75, 3.05) is 26.2 Å². The smallest absolute Gasteiger partial charge is 0.317 e. The van der Waals surface area contributed by atoms with Crippen LogP contribution in [0, 0.1) is 5.92 Å². The van der Waals surface area contributed by atoms with Crippen molar-refractivity contribution in [1.29, 1.82) is 0 Å². The summed E-state index contributed by atoms with van der Waals surface area (Å²) in [6, 6.07) is 8.89. The molecular formula is C21H28N2O3. The number of carboxylic acids is 1. The first-order valence-electron chi connectivity index (χ1n) is 9.88. The zero-order valence-corrected chi connectivity index (χ0v) is 15.5. The molecule has 1 spiro atoms. The van der Waals surface area contributed by atoms with Crippen molar-refractivity contribution in [3.8, 4) is 0 Å². The predicted octanol–water partition coefficient (Wildman–Crippen LogP) is 2.29. The van der Waals surface area contributed by atoms with E-state index in [4.69, 9.17) is 5.11 Å². The summed E-state index contributed by atoms with van der Waals surface area (Å²) in [6.45, 7) is 4.36. The number of carbonyl (C=O) groups is 2. The number of amides is 1. The van der Waals surface area contributed by atoms with Gasteiger partial charge in [-0.3, -0.25) is 14.5 Å². The molecule has 26 heavy (non-hydrogen) atoms. The van der Waals surface area contributed by atoms with Gasteiger partial charge in [-0.1, -0.05) is 31.2 Å². The van der Waals surface area contributed by atoms with Crippen LogP contribution in [-0.4, -0.2) is 59.0 Å². The number of hydrogen-bond donors (Lipinski definition) is 1. The van der Waals surface area contributed by atoms with E-state index in [-0.39, 0.29) is 23.9 Å². The number of likely N-dealkylation sites (N-methyl/N-ethyl adjacent to an activating group) is 1. The summed E-state index contributed by atoms with van der Waals surface area (Å²) >= 11 is 0. The van der Waals surface area contributed by atoms with Crippen molar-refractivity contribution < 1.29 is 14.7 Å². The van der Waals surface area contributed by atoms with Crippen molar-refractivity contribution in [3.63, 3.8) is 0 Å². The minimum Gasteiger partial charge on any atom is -0.480 e. The molecule has 2 fully saturated rings. The molecule has 2 unspecified atom stereocenters. The molecule has 2 aliphatic carbocycles. The van der Waals surface area contributed by atoms with Gasteiger partial charge < -0.3 is 10.0 Å². The van der Waals surface area contributed by atoms with E-state index >= 15 is 0 Å². The van der Waals surface area contributed by atoms with E-state index in [1.807, 2.05) is 16.7 Å². The number of carboxylic acid groups (broad SMARTS) is 1. The molecular weight excluding hydrogens is 328 g/mol. The molecule has 1 aliphatic heterocycles. The lowest BCUT2D eigenvalue weighted by molar-refractivity contribution is -0.140. The van der Waals surface area contributed by atoms with E-state index in [0.717, 1.165) is 51.7 Å². The number of carbonyl (C=O) groups excluding carboxylic acids is 1. The molecule has 0 bridgehead atoms. The van der Waals surface area contributed by atoms with Gasteiger partial charge in [-0.2, -0.15) is 0 Å². The Bertz CT molecular complexity index is 711. The van der Waals surface area contributed by atoms with E-state index in [1.54, 1.807) is 0 Å². The highest BCUT2D eigenvalue weighted by Gasteiger charge is 2.62. The summed E-state index contributed by atoms with van der Waals surface area (Å²) in [5, 5.41) is 9.06. The van der Waals surface area contributed by atoms with Crippen LogP contribution in [0.5, 0.6) is 0 Å². The van der Waals surface area contributed by atoms with Crippen LogP contribution in [0.4, 0.5) is 0 Å². The van der Waals surface area contributed by atoms with Crippen LogP contribution >= 0.6 is 0 Å². The lowest BCUT2D eigenvalue weighted by Gasteiger charge is -2.37. The molecule has 1 aromatic rings. The van der Waals surface area contributed by atoms with Gasteiger partial charge in [0, 0.05) is 30.5 Å². The summed E-state index contributed by atoms with van der Waals surface area (Å²) in [6.07, 6.45) is 4.97. The molecule has 1 aromatic carbocycles. The monoisotopic (exact) mass is 356 g/mol. The Balaban J connectivity index is 1.36. The first-order valence-corrected chi connectivity index (χ1v) is 9.88. The fourth-order valence-electron chi connectivity index (χ4n) is 5.26. The van der Waals surface area contributed by atoms with Gasteiger partial charge in [0.2, 0.25) is 5.91 Å². The van der Waals surface area contributed by atoms with E-state index in [1.165, 1.54) is 11.1 Å². The van der Waals surface area contributed by atoms with Crippen LogP contribution in [0.2, 0.25) is 0 Å². The number of hydrogen-bond acceptors (Lipinski definition) is 3. The fourth-order valence-corrected chi connectivity index (χ4v) is 5.26. The Morgan fingerprint density at radius 3 is 2.69 bits per heavy atom. The second-order valence-electron chi connectivity index (χ2n) is 8.08. The summed E-state index contributed by atoms with van der Waals surface area (Å²) in [5.74, 6) is -0.296. The van der Waals surface area contributed by atoms with E-state index in [9.17, 15) is 9.59 Å². The summed E-state index contributed by atoms with van der Waals surface area (Å²) in [5.41, 5.74) is 2.95. The van der Waals surface area contributed by atoms with Gasteiger partial charge in [0.05, 0.1) is 6.54 Å². The molecule has 2 atom stereocenters. The molecule has 140 valence electrons. The minimum absolute atomic E-state index is 0.0949. The Morgan fingerprint density at radius 1 is 1.27 bits per heavy atom. The molecule has 1 N–H and O–H groups in total. The van der Waals surface area contributed by atoms with Gasteiger partial charge in [0.15, 0.2) is 0 Å². The van der Waals surface area contributed by atoms with Crippen molar-refractivity contribution in [2.45, 2.75) is 50.5 Å². The average molecular weight is 356 g/mol. The molecule has 5 nitrogen and oxygen atoms in total. The second kappa shape index (κ2) is 6.69. The molecule has 1 saturated heterocycles. The largest absolute Gasteiger partial charge is 0.480 e. The number of likely N-dealkylation sites (tertiary alicyclic amines) is 1. The molecule has 3 aliphatic rings. The number of piperidine rings is 1. The second-order valence-corrected chi connectivity index (χ2v) is 8.08. The van der Waals surface area contributed by atoms with Gasteiger partial charge in [-0.15, -0.1) is 0 Å². The van der Waals surface area contributed by atoms with Gasteiger partial charge in [0.1, 0.15) is 0 Å². The van der Waals surface area contributed by atoms with Crippen LogP contribution in [0.3, 0.4) is 0 Å². The third kappa shape index (κ3) is 2.92. The van der Waals surface area contributed by atoms with Crippen LogP contribution < -0.4 is 0 Å². The average Bonchev–Trinajstić information content (AvgIpc) is 3.28. The molecule has 1 heterocycles. The quantitative estimate of drug-likeness (QED) is 0.879. The van der Waals surface area contributed by atoms with Gasteiger partial charge in [0.25, 0.3) is 0 Å². The van der Waals surface area contributed by atoms with Crippen LogP contribution in [0.15, 0.2) is 24.3 Å². The van der Waals surface area contributed by atoms with Crippen molar-refractivity contribution >= 4 is 11.9 Å². The number of aryl methyl sites for hydroxylation is 1. The van der Waals surface area contributed by atoms with Crippen LogP contribution in [-0.2, 0) is 21.4 Å². The summed E-state index contributed by atoms with van der Waals surface area (Å²) < 4.78 is 0. The summed E-state index contributed by atoms with van der Waals surface area (Å²) in [4.78, 5) is 28.1. The zero-order chi connectivity index (χ0) is 18.3. The Morgan fingerprint density at radius 2 is 2.00 bits per heavy atom. The maximum atomic E-state index is 13.1. The first-order chi connectivity index (χ1) is 12.5. The molecule has 0 radical (unpaired) electrons. The van der Waals surface area contributed by atoms with Gasteiger partial charge in [-0.05, 0) is 49.8 Å². The molecule has 1 amide bonds. The van der Waals surface area contributed by atoms with E-state index in [0.29, 0.717) is 5.91 Å². The standard InChI is InChI=1S/C21H28N2O3/c1-2-22(14-19(24)25)16-8-11-23(12-9-16)20(26)18-13-21(18)10-7-15-5-3-4-6-17(15)21/h3-6,16,18H,2,7-14H2,1H3,(H,24,25). The molecule has 5 heteroatoms. The van der Waals surface area contributed by atoms with Crippen molar-refractivity contribution in [3.05, 3.63) is 35.4 Å². The third-order valence-corrected chi connectivity index (χ3v) is 6.80. The van der Waals surface area contributed by atoms with Crippen molar-refractivity contribution in [2.24, 2.45) is 5.92 Å².